The average molecular weight is 268 g/mol. The highest BCUT2D eigenvalue weighted by Gasteiger charge is 2.21. The maximum Gasteiger partial charge on any atom is 0.318 e. The van der Waals surface area contributed by atoms with Crippen LogP contribution in [0, 0.1) is 0 Å². The van der Waals surface area contributed by atoms with Crippen molar-refractivity contribution < 1.29 is 14.1 Å². The third kappa shape index (κ3) is 4.61. The summed E-state index contributed by atoms with van der Waals surface area (Å²) in [6.45, 7) is 6.21. The number of hydrogen-bond donors (Lipinski definition) is 2. The van der Waals surface area contributed by atoms with Crippen molar-refractivity contribution in [2.45, 2.75) is 33.2 Å². The minimum absolute atomic E-state index is 0.0189. The number of nitrogens with one attached hydrogen (secondary N) is 2. The molecule has 0 fully saturated rings. The van der Waals surface area contributed by atoms with Crippen molar-refractivity contribution >= 4 is 17.8 Å². The van der Waals surface area contributed by atoms with Gasteiger partial charge in [0.25, 0.3) is 0 Å². The second kappa shape index (κ2) is 7.40. The molecule has 1 heterocycles. The van der Waals surface area contributed by atoms with Crippen molar-refractivity contribution in [2.24, 2.45) is 0 Å². The van der Waals surface area contributed by atoms with Gasteiger partial charge in [0, 0.05) is 18.7 Å². The van der Waals surface area contributed by atoms with Gasteiger partial charge in [-0.1, -0.05) is 12.1 Å². The summed E-state index contributed by atoms with van der Waals surface area (Å²) in [7, 11) is 0. The van der Waals surface area contributed by atoms with Crippen LogP contribution in [0.25, 0.3) is 0 Å². The fraction of sp³-hybridized carbons (Fsp3) is 0.583. The predicted octanol–water partition coefficient (Wildman–Crippen LogP) is 1.44. The average Bonchev–Trinajstić information content (AvgIpc) is 2.88. The molecule has 3 amide bonds. The first-order valence-corrected chi connectivity index (χ1v) is 6.33. The lowest BCUT2D eigenvalue weighted by Crippen LogP contribution is -2.48. The minimum Gasteiger partial charge on any atom is -0.363 e. The molecule has 19 heavy (non-hydrogen) atoms. The Morgan fingerprint density at radius 2 is 2.21 bits per heavy atom. The van der Waals surface area contributed by atoms with E-state index < -0.39 is 0 Å². The van der Waals surface area contributed by atoms with Gasteiger partial charge >= 0.3 is 6.03 Å². The summed E-state index contributed by atoms with van der Waals surface area (Å²) in [6, 6.07) is 1.28. The third-order valence-electron chi connectivity index (χ3n) is 2.73. The van der Waals surface area contributed by atoms with E-state index in [1.807, 2.05) is 20.8 Å². The minimum atomic E-state index is -0.305. The van der Waals surface area contributed by atoms with Crippen LogP contribution in [0.1, 0.15) is 27.2 Å². The molecule has 7 heteroatoms. The van der Waals surface area contributed by atoms with Crippen LogP contribution < -0.4 is 10.6 Å². The van der Waals surface area contributed by atoms with Gasteiger partial charge in [0.2, 0.25) is 5.91 Å². The van der Waals surface area contributed by atoms with E-state index in [1.165, 1.54) is 17.2 Å². The molecule has 0 aliphatic heterocycles. The number of aromatic nitrogens is 1. The van der Waals surface area contributed by atoms with Crippen molar-refractivity contribution in [1.82, 2.24) is 15.4 Å². The fourth-order valence-corrected chi connectivity index (χ4v) is 1.52. The van der Waals surface area contributed by atoms with E-state index in [-0.39, 0.29) is 24.5 Å². The van der Waals surface area contributed by atoms with Gasteiger partial charge in [-0.2, -0.15) is 0 Å². The van der Waals surface area contributed by atoms with E-state index >= 15 is 0 Å². The van der Waals surface area contributed by atoms with Gasteiger partial charge in [-0.25, -0.2) is 4.79 Å². The number of carbonyl (C=O) groups excluding carboxylic acids is 2. The predicted molar refractivity (Wildman–Crippen MR) is 70.7 cm³/mol. The van der Waals surface area contributed by atoms with E-state index in [1.54, 1.807) is 0 Å². The van der Waals surface area contributed by atoms with Gasteiger partial charge in [0.1, 0.15) is 12.8 Å². The Hall–Kier alpha value is -2.05. The summed E-state index contributed by atoms with van der Waals surface area (Å²) in [5.41, 5.74) is 0. The molecule has 1 rings (SSSR count). The summed E-state index contributed by atoms with van der Waals surface area (Å²) < 4.78 is 4.62. The van der Waals surface area contributed by atoms with Crippen LogP contribution in [0.4, 0.5) is 10.6 Å². The second-order valence-electron chi connectivity index (χ2n) is 4.15. The topological polar surface area (TPSA) is 87.5 Å². The highest BCUT2D eigenvalue weighted by Crippen LogP contribution is 2.06. The highest BCUT2D eigenvalue weighted by atomic mass is 16.5. The fourth-order valence-electron chi connectivity index (χ4n) is 1.52. The smallest absolute Gasteiger partial charge is 0.318 e. The van der Waals surface area contributed by atoms with Crippen LogP contribution in [0.2, 0.25) is 0 Å². The van der Waals surface area contributed by atoms with Crippen molar-refractivity contribution in [1.29, 1.82) is 0 Å². The quantitative estimate of drug-likeness (QED) is 0.817. The molecule has 106 valence electrons. The molecular weight excluding hydrogens is 248 g/mol. The lowest BCUT2D eigenvalue weighted by molar-refractivity contribution is -0.117. The van der Waals surface area contributed by atoms with Crippen LogP contribution in [-0.2, 0) is 4.79 Å². The summed E-state index contributed by atoms with van der Waals surface area (Å²) >= 11 is 0. The molecule has 1 unspecified atom stereocenters. The molecule has 2 N–H and O–H groups in total. The zero-order chi connectivity index (χ0) is 14.3. The first kappa shape index (κ1) is 15.0. The van der Waals surface area contributed by atoms with Crippen LogP contribution in [0.15, 0.2) is 16.9 Å². The summed E-state index contributed by atoms with van der Waals surface area (Å²) in [5.74, 6) is 0.0328. The largest absolute Gasteiger partial charge is 0.363 e. The van der Waals surface area contributed by atoms with Gasteiger partial charge in [-0.15, -0.1) is 0 Å². The molecule has 1 atom stereocenters. The van der Waals surface area contributed by atoms with Crippen LogP contribution >= 0.6 is 0 Å². The lowest BCUT2D eigenvalue weighted by Gasteiger charge is -2.27. The molecule has 1 aromatic rings. The van der Waals surface area contributed by atoms with E-state index in [0.29, 0.717) is 12.4 Å². The highest BCUT2D eigenvalue weighted by molar-refractivity contribution is 5.93. The molecular formula is C12H20N4O3. The number of anilines is 1. The number of rotatable bonds is 6. The van der Waals surface area contributed by atoms with Gasteiger partial charge < -0.3 is 20.1 Å². The monoisotopic (exact) mass is 268 g/mol. The van der Waals surface area contributed by atoms with Gasteiger partial charge in [0.15, 0.2) is 5.82 Å². The van der Waals surface area contributed by atoms with Gasteiger partial charge in [-0.05, 0) is 20.3 Å². The molecule has 0 saturated heterocycles. The van der Waals surface area contributed by atoms with E-state index in [2.05, 4.69) is 20.3 Å². The van der Waals surface area contributed by atoms with Gasteiger partial charge in [0.05, 0.1) is 0 Å². The third-order valence-corrected chi connectivity index (χ3v) is 2.73. The Labute approximate surface area is 112 Å². The van der Waals surface area contributed by atoms with E-state index in [4.69, 9.17) is 0 Å². The van der Waals surface area contributed by atoms with Crippen molar-refractivity contribution in [3.8, 4) is 0 Å². The molecule has 0 radical (unpaired) electrons. The number of hydrogen-bond acceptors (Lipinski definition) is 4. The van der Waals surface area contributed by atoms with Crippen molar-refractivity contribution in [3.63, 3.8) is 0 Å². The zero-order valence-corrected chi connectivity index (χ0v) is 11.5. The number of urea groups is 1. The summed E-state index contributed by atoms with van der Waals surface area (Å²) in [5, 5.41) is 8.84. The molecule has 0 bridgehead atoms. The first-order valence-electron chi connectivity index (χ1n) is 6.33. The van der Waals surface area contributed by atoms with Crippen molar-refractivity contribution in [2.75, 3.05) is 18.4 Å². The Morgan fingerprint density at radius 3 is 2.74 bits per heavy atom. The maximum absolute atomic E-state index is 11.9. The maximum atomic E-state index is 11.9. The Bertz CT molecular complexity index is 405. The lowest BCUT2D eigenvalue weighted by atomic mass is 10.2. The first-order chi connectivity index (χ1) is 9.08. The summed E-state index contributed by atoms with van der Waals surface area (Å²) in [4.78, 5) is 25.2. The van der Waals surface area contributed by atoms with Crippen LogP contribution in [0.5, 0.6) is 0 Å². The van der Waals surface area contributed by atoms with Crippen LogP contribution in [-0.4, -0.2) is 41.1 Å². The SMILES string of the molecule is CCNC(=O)N(CC(=O)Nc1ccon1)C(C)CC. The Kier molecular flexibility index (Phi) is 5.84. The Balaban J connectivity index is 2.61. The molecule has 0 aliphatic rings. The van der Waals surface area contributed by atoms with E-state index in [0.717, 1.165) is 6.42 Å². The molecule has 0 saturated carbocycles. The molecule has 7 nitrogen and oxygen atoms in total. The number of amides is 3. The number of carbonyl (C=O) groups is 2. The molecule has 0 aromatic carbocycles. The molecule has 1 aromatic heterocycles. The van der Waals surface area contributed by atoms with Crippen molar-refractivity contribution in [3.05, 3.63) is 12.3 Å². The van der Waals surface area contributed by atoms with Crippen LogP contribution in [0.3, 0.4) is 0 Å². The van der Waals surface area contributed by atoms with Gasteiger partial charge in [-0.3, -0.25) is 4.79 Å². The second-order valence-corrected chi connectivity index (χ2v) is 4.15. The standard InChI is InChI=1S/C12H20N4O3/c1-4-9(3)16(12(18)13-5-2)8-11(17)14-10-6-7-19-15-10/h6-7,9H,4-5,8H2,1-3H3,(H,13,18)(H,14,15,17). The summed E-state index contributed by atoms with van der Waals surface area (Å²) in [6.07, 6.45) is 2.14. The van der Waals surface area contributed by atoms with E-state index in [9.17, 15) is 9.59 Å². The number of nitrogens with zero attached hydrogens (tertiary/aromatic N) is 2. The Morgan fingerprint density at radius 1 is 1.47 bits per heavy atom. The molecule has 0 aliphatic carbocycles. The zero-order valence-electron chi connectivity index (χ0n) is 11.5. The molecule has 0 spiro atoms. The normalized spacial score (nSPS) is 11.7.